The summed E-state index contributed by atoms with van der Waals surface area (Å²) in [6, 6.07) is 4.67. The molecule has 1 atom stereocenters. The summed E-state index contributed by atoms with van der Waals surface area (Å²) >= 11 is 0. The number of hydrogen-bond acceptors (Lipinski definition) is 4. The van der Waals surface area contributed by atoms with Gasteiger partial charge in [-0.15, -0.1) is 0 Å². The summed E-state index contributed by atoms with van der Waals surface area (Å²) < 4.78 is 119. The molecule has 0 spiro atoms. The average molecular weight is 496 g/mol. The fourth-order valence-electron chi connectivity index (χ4n) is 3.31. The summed E-state index contributed by atoms with van der Waals surface area (Å²) in [5.74, 6) is -14.5. The van der Waals surface area contributed by atoms with E-state index < -0.39 is 35.5 Å². The van der Waals surface area contributed by atoms with Gasteiger partial charge < -0.3 is 9.53 Å². The van der Waals surface area contributed by atoms with Gasteiger partial charge >= 0.3 is 18.0 Å². The van der Waals surface area contributed by atoms with Crippen LogP contribution in [0.2, 0.25) is 0 Å². The van der Waals surface area contributed by atoms with Gasteiger partial charge in [-0.3, -0.25) is 4.79 Å². The second-order valence-corrected chi connectivity index (χ2v) is 6.61. The van der Waals surface area contributed by atoms with Gasteiger partial charge in [0.05, 0.1) is 7.11 Å². The number of alkyl halides is 8. The predicted molar refractivity (Wildman–Crippen MR) is 99.4 cm³/mol. The van der Waals surface area contributed by atoms with Gasteiger partial charge in [0.1, 0.15) is 12.5 Å². The molecule has 4 nitrogen and oxygen atoms in total. The number of methoxy groups -OCH3 is 1. The summed E-state index contributed by atoms with van der Waals surface area (Å²) in [5.41, 5.74) is 0.736. The minimum atomic E-state index is -6.71. The van der Waals surface area contributed by atoms with Crippen LogP contribution in [0.15, 0.2) is 23.8 Å². The summed E-state index contributed by atoms with van der Waals surface area (Å²) in [7, 11) is 1.42. The molecule has 0 aliphatic heterocycles. The lowest BCUT2D eigenvalue weighted by atomic mass is 9.89. The van der Waals surface area contributed by atoms with E-state index >= 15 is 0 Å². The molecule has 188 valence electrons. The summed E-state index contributed by atoms with van der Waals surface area (Å²) in [4.78, 5) is 20.3. The Hall–Kier alpha value is -2.57. The third-order valence-electron chi connectivity index (χ3n) is 4.85. The molecular weight excluding hydrogens is 475 g/mol. The Kier molecular flexibility index (Phi) is 11.1. The fraction of sp³-hybridized carbons (Fsp3) is 0.500. The van der Waals surface area contributed by atoms with Gasteiger partial charge in [-0.25, -0.2) is 9.70 Å². The zero-order chi connectivity index (χ0) is 26.2. The van der Waals surface area contributed by atoms with E-state index in [0.29, 0.717) is 23.3 Å². The lowest BCUT2D eigenvalue weighted by molar-refractivity contribution is -0.362. The Labute approximate surface area is 182 Å². The molecule has 0 saturated carbocycles. The quantitative estimate of drug-likeness (QED) is 0.520. The molecule has 1 unspecified atom stereocenters. The number of rotatable bonds is 6. The van der Waals surface area contributed by atoms with Crippen molar-refractivity contribution in [3.8, 4) is 5.75 Å². The molecule has 2 rings (SSSR count). The summed E-state index contributed by atoms with van der Waals surface area (Å²) in [6.45, 7) is 3.54. The van der Waals surface area contributed by atoms with Gasteiger partial charge in [-0.1, -0.05) is 17.5 Å². The Bertz CT molecular complexity index is 835. The molecule has 0 saturated heterocycles. The molecule has 1 aliphatic carbocycles. The van der Waals surface area contributed by atoms with Crippen molar-refractivity contribution in [1.82, 2.24) is 0 Å². The van der Waals surface area contributed by atoms with E-state index in [-0.39, 0.29) is 24.8 Å². The molecule has 33 heavy (non-hydrogen) atoms. The Morgan fingerprint density at radius 1 is 1.09 bits per heavy atom. The number of ketones is 1. The molecule has 0 aromatic heterocycles. The van der Waals surface area contributed by atoms with Gasteiger partial charge in [0, 0.05) is 5.57 Å². The highest BCUT2D eigenvalue weighted by Gasteiger charge is 2.77. The van der Waals surface area contributed by atoms with Crippen LogP contribution >= 0.6 is 0 Å². The monoisotopic (exact) mass is 496 g/mol. The molecule has 1 N–H and O–H groups in total. The van der Waals surface area contributed by atoms with E-state index in [0.717, 1.165) is 0 Å². The van der Waals surface area contributed by atoms with Crippen LogP contribution in [-0.2, 0) is 16.0 Å². The van der Waals surface area contributed by atoms with E-state index in [9.17, 15) is 39.9 Å². The van der Waals surface area contributed by atoms with Crippen molar-refractivity contribution in [3.63, 3.8) is 0 Å². The Morgan fingerprint density at radius 3 is 2.09 bits per heavy atom. The molecule has 1 aromatic rings. The van der Waals surface area contributed by atoms with Crippen LogP contribution in [-0.4, -0.2) is 49.2 Å². The van der Waals surface area contributed by atoms with Gasteiger partial charge in [-0.05, 0) is 54.5 Å². The standard InChI is InChI=1S/C19H18F8O2.CH2O.FHO/c1-3-12-13-8-7-11(29-2)9-10(13)5-4-6-14(12)15(28)16(20)17(21,22)18(23,24)19(25,26)27;2*1-2/h7-9,16H,3-6H2,1-2H3;1H2;2H. The van der Waals surface area contributed by atoms with Gasteiger partial charge in [-0.2, -0.15) is 30.7 Å². The van der Waals surface area contributed by atoms with Crippen molar-refractivity contribution >= 4 is 18.1 Å². The maximum atomic E-state index is 14.2. The number of hydrogen-bond donors (Lipinski definition) is 1. The van der Waals surface area contributed by atoms with E-state index in [2.05, 4.69) is 0 Å². The first kappa shape index (κ1) is 30.4. The van der Waals surface area contributed by atoms with Crippen molar-refractivity contribution in [2.24, 2.45) is 0 Å². The largest absolute Gasteiger partial charge is 0.497 e. The summed E-state index contributed by atoms with van der Waals surface area (Å²) in [5, 5.41) is 5.50. The molecule has 13 heteroatoms. The molecule has 0 fully saturated rings. The maximum absolute atomic E-state index is 14.2. The number of fused-ring (bicyclic) bond motifs is 1. The van der Waals surface area contributed by atoms with E-state index in [1.54, 1.807) is 6.07 Å². The maximum Gasteiger partial charge on any atom is 0.460 e. The molecule has 1 aliphatic rings. The van der Waals surface area contributed by atoms with E-state index in [4.69, 9.17) is 19.4 Å². The van der Waals surface area contributed by atoms with Crippen molar-refractivity contribution in [3.05, 3.63) is 34.9 Å². The van der Waals surface area contributed by atoms with Crippen LogP contribution in [0.1, 0.15) is 37.3 Å². The molecule has 0 bridgehead atoms. The number of benzene rings is 1. The van der Waals surface area contributed by atoms with Crippen LogP contribution in [0.5, 0.6) is 5.75 Å². The average Bonchev–Trinajstić information content (AvgIpc) is 2.98. The van der Waals surface area contributed by atoms with Crippen molar-refractivity contribution < 1.29 is 59.3 Å². The fourth-order valence-corrected chi connectivity index (χ4v) is 3.31. The first-order chi connectivity index (χ1) is 15.3. The number of Topliss-reactive ketones (excluding diaryl/α,β-unsaturated/α-hetero) is 1. The SMILES string of the molecule is C=O.CCC1=C(C(=O)C(F)C(F)(F)C(F)(F)C(F)(F)F)CCCc2cc(OC)ccc21.OF. The van der Waals surface area contributed by atoms with Crippen LogP contribution in [0, 0.1) is 0 Å². The highest BCUT2D eigenvalue weighted by molar-refractivity contribution is 6.06. The zero-order valence-corrected chi connectivity index (χ0v) is 17.4. The molecule has 0 radical (unpaired) electrons. The Balaban J connectivity index is 0.00000242. The van der Waals surface area contributed by atoms with E-state index in [1.165, 1.54) is 26.2 Å². The highest BCUT2D eigenvalue weighted by atomic mass is 19.4. The third-order valence-corrected chi connectivity index (χ3v) is 4.85. The van der Waals surface area contributed by atoms with E-state index in [1.807, 2.05) is 6.79 Å². The summed E-state index contributed by atoms with van der Waals surface area (Å²) in [6.07, 6.45) is -10.7. The van der Waals surface area contributed by atoms with Gasteiger partial charge in [0.25, 0.3) is 0 Å². The van der Waals surface area contributed by atoms with Crippen LogP contribution in [0.25, 0.3) is 5.57 Å². The molecule has 0 amide bonds. The number of allylic oxidation sites excluding steroid dienone is 2. The number of halogens is 9. The molecule has 1 aromatic carbocycles. The number of carbonyl (C=O) groups is 2. The second kappa shape index (κ2) is 12.1. The minimum Gasteiger partial charge on any atom is -0.497 e. The third kappa shape index (κ3) is 6.06. The normalized spacial score (nSPS) is 15.2. The smallest absolute Gasteiger partial charge is 0.460 e. The topological polar surface area (TPSA) is 63.6 Å². The number of aryl methyl sites for hydroxylation is 1. The second-order valence-electron chi connectivity index (χ2n) is 6.61. The van der Waals surface area contributed by atoms with Crippen LogP contribution < -0.4 is 4.74 Å². The van der Waals surface area contributed by atoms with Crippen LogP contribution in [0.4, 0.5) is 39.6 Å². The van der Waals surface area contributed by atoms with Gasteiger partial charge in [0.15, 0.2) is 5.78 Å². The van der Waals surface area contributed by atoms with Crippen molar-refractivity contribution in [2.45, 2.75) is 56.8 Å². The van der Waals surface area contributed by atoms with Crippen molar-refractivity contribution in [2.75, 3.05) is 7.11 Å². The lowest BCUT2D eigenvalue weighted by Gasteiger charge is -2.30. The first-order valence-corrected chi connectivity index (χ1v) is 9.15. The predicted octanol–water partition coefficient (Wildman–Crippen LogP) is 5.61. The molecule has 0 heterocycles. The lowest BCUT2D eigenvalue weighted by Crippen LogP contribution is -2.58. The zero-order valence-electron chi connectivity index (χ0n) is 17.4. The van der Waals surface area contributed by atoms with Gasteiger partial charge in [0.2, 0.25) is 6.17 Å². The van der Waals surface area contributed by atoms with Crippen molar-refractivity contribution in [1.29, 1.82) is 0 Å². The van der Waals surface area contributed by atoms with Crippen LogP contribution in [0.3, 0.4) is 0 Å². The first-order valence-electron chi connectivity index (χ1n) is 9.15. The highest BCUT2D eigenvalue weighted by Crippen LogP contribution is 2.49. The molecular formula is C20H21F9O4. The Morgan fingerprint density at radius 2 is 1.64 bits per heavy atom. The number of carbonyl (C=O) groups excluding carboxylic acids is 2. The number of ether oxygens (including phenoxy) is 1. The minimum absolute atomic E-state index is 0.0638.